The van der Waals surface area contributed by atoms with Gasteiger partial charge in [0.1, 0.15) is 0 Å². The molecule has 1 unspecified atom stereocenters. The summed E-state index contributed by atoms with van der Waals surface area (Å²) >= 11 is 0. The number of benzene rings is 2. The minimum absolute atomic E-state index is 0.0425. The summed E-state index contributed by atoms with van der Waals surface area (Å²) in [6, 6.07) is 12.5. The maximum Gasteiger partial charge on any atom is 0.307 e. The van der Waals surface area contributed by atoms with E-state index in [2.05, 4.69) is 0 Å². The lowest BCUT2D eigenvalue weighted by Crippen LogP contribution is -2.42. The van der Waals surface area contributed by atoms with Crippen LogP contribution >= 0.6 is 0 Å². The van der Waals surface area contributed by atoms with Gasteiger partial charge in [-0.15, -0.1) is 0 Å². The van der Waals surface area contributed by atoms with Crippen LogP contribution in [0.25, 0.3) is 10.8 Å². The Kier molecular flexibility index (Phi) is 3.88. The van der Waals surface area contributed by atoms with Crippen molar-refractivity contribution in [3.63, 3.8) is 0 Å². The molecule has 1 atom stereocenters. The van der Waals surface area contributed by atoms with Crippen molar-refractivity contribution in [3.8, 4) is 0 Å². The van der Waals surface area contributed by atoms with Crippen LogP contribution in [0.15, 0.2) is 47.4 Å². The zero-order chi connectivity index (χ0) is 15.7. The summed E-state index contributed by atoms with van der Waals surface area (Å²) in [4.78, 5) is 11.4. The van der Waals surface area contributed by atoms with E-state index in [1.165, 1.54) is 4.31 Å². The highest BCUT2D eigenvalue weighted by molar-refractivity contribution is 7.89. The molecule has 0 radical (unpaired) electrons. The van der Waals surface area contributed by atoms with E-state index >= 15 is 0 Å². The summed E-state index contributed by atoms with van der Waals surface area (Å²) in [5.74, 6) is -1.56. The number of carbonyl (C=O) groups is 1. The zero-order valence-electron chi connectivity index (χ0n) is 12.0. The molecule has 6 heteroatoms. The highest BCUT2D eigenvalue weighted by Gasteiger charge is 2.33. The monoisotopic (exact) mass is 319 g/mol. The molecule has 1 fully saturated rings. The molecule has 22 heavy (non-hydrogen) atoms. The minimum Gasteiger partial charge on any atom is -0.481 e. The van der Waals surface area contributed by atoms with Crippen molar-refractivity contribution in [1.29, 1.82) is 0 Å². The van der Waals surface area contributed by atoms with Crippen LogP contribution in [-0.4, -0.2) is 36.9 Å². The molecule has 0 bridgehead atoms. The van der Waals surface area contributed by atoms with Crippen molar-refractivity contribution >= 4 is 26.8 Å². The highest BCUT2D eigenvalue weighted by Crippen LogP contribution is 2.28. The molecule has 0 saturated carbocycles. The van der Waals surface area contributed by atoms with Crippen molar-refractivity contribution in [2.45, 2.75) is 17.7 Å². The fraction of sp³-hybridized carbons (Fsp3) is 0.312. The third-order valence-corrected chi connectivity index (χ3v) is 6.02. The van der Waals surface area contributed by atoms with Crippen molar-refractivity contribution in [2.75, 3.05) is 13.1 Å². The largest absolute Gasteiger partial charge is 0.481 e. The second-order valence-corrected chi connectivity index (χ2v) is 7.42. The molecule has 116 valence electrons. The Morgan fingerprint density at radius 1 is 1.14 bits per heavy atom. The topological polar surface area (TPSA) is 74.7 Å². The number of hydrogen-bond donors (Lipinski definition) is 1. The van der Waals surface area contributed by atoms with Gasteiger partial charge in [0, 0.05) is 18.5 Å². The number of sulfonamides is 1. The van der Waals surface area contributed by atoms with E-state index < -0.39 is 21.9 Å². The molecule has 2 aromatic rings. The first kappa shape index (κ1) is 15.0. The summed E-state index contributed by atoms with van der Waals surface area (Å²) in [5.41, 5.74) is 0. The maximum absolute atomic E-state index is 12.9. The second-order valence-electron chi connectivity index (χ2n) is 5.52. The number of carboxylic acid groups (broad SMARTS) is 1. The fourth-order valence-corrected chi connectivity index (χ4v) is 4.66. The number of fused-ring (bicyclic) bond motifs is 1. The Labute approximate surface area is 129 Å². The predicted molar refractivity (Wildman–Crippen MR) is 83.1 cm³/mol. The molecule has 3 rings (SSSR count). The summed E-state index contributed by atoms with van der Waals surface area (Å²) in [5, 5.41) is 10.7. The van der Waals surface area contributed by atoms with Crippen LogP contribution in [0.4, 0.5) is 0 Å². The molecule has 1 saturated heterocycles. The van der Waals surface area contributed by atoms with Gasteiger partial charge in [0.25, 0.3) is 0 Å². The molecule has 1 aliphatic heterocycles. The van der Waals surface area contributed by atoms with Gasteiger partial charge in [-0.2, -0.15) is 4.31 Å². The molecule has 0 aromatic heterocycles. The molecule has 0 aliphatic carbocycles. The molecule has 1 N–H and O–H groups in total. The molecular formula is C16H17NO4S. The van der Waals surface area contributed by atoms with Gasteiger partial charge in [0.15, 0.2) is 0 Å². The van der Waals surface area contributed by atoms with E-state index in [0.29, 0.717) is 24.8 Å². The van der Waals surface area contributed by atoms with E-state index in [0.717, 1.165) is 5.39 Å². The predicted octanol–water partition coefficient (Wildman–Crippen LogP) is 2.33. The van der Waals surface area contributed by atoms with Crippen LogP contribution in [0.1, 0.15) is 12.8 Å². The van der Waals surface area contributed by atoms with E-state index in [1.807, 2.05) is 18.2 Å². The van der Waals surface area contributed by atoms with E-state index in [4.69, 9.17) is 5.11 Å². The van der Waals surface area contributed by atoms with E-state index in [1.54, 1.807) is 24.3 Å². The van der Waals surface area contributed by atoms with Crippen molar-refractivity contribution < 1.29 is 18.3 Å². The first-order valence-corrected chi connectivity index (χ1v) is 8.65. The third kappa shape index (κ3) is 2.60. The number of rotatable bonds is 3. The maximum atomic E-state index is 12.9. The Bertz CT molecular complexity index is 811. The summed E-state index contributed by atoms with van der Waals surface area (Å²) < 4.78 is 27.1. The number of carboxylic acids is 1. The summed E-state index contributed by atoms with van der Waals surface area (Å²) in [6.07, 6.45) is 1.10. The van der Waals surface area contributed by atoms with Gasteiger partial charge in [-0.1, -0.05) is 36.4 Å². The Hall–Kier alpha value is -1.92. The van der Waals surface area contributed by atoms with Crippen molar-refractivity contribution in [1.82, 2.24) is 4.31 Å². The molecule has 2 aromatic carbocycles. The molecule has 1 aliphatic rings. The van der Waals surface area contributed by atoms with Gasteiger partial charge in [-0.05, 0) is 24.3 Å². The number of hydrogen-bond acceptors (Lipinski definition) is 3. The van der Waals surface area contributed by atoms with Crippen molar-refractivity contribution in [2.24, 2.45) is 5.92 Å². The quantitative estimate of drug-likeness (QED) is 0.942. The van der Waals surface area contributed by atoms with Crippen LogP contribution < -0.4 is 0 Å². The van der Waals surface area contributed by atoms with Gasteiger partial charge >= 0.3 is 5.97 Å². The summed E-state index contributed by atoms with van der Waals surface area (Å²) in [7, 11) is -3.69. The van der Waals surface area contributed by atoms with E-state index in [-0.39, 0.29) is 11.4 Å². The van der Waals surface area contributed by atoms with Gasteiger partial charge in [0.05, 0.1) is 10.8 Å². The van der Waals surface area contributed by atoms with Gasteiger partial charge < -0.3 is 5.11 Å². The van der Waals surface area contributed by atoms with Gasteiger partial charge in [-0.3, -0.25) is 4.79 Å². The summed E-state index contributed by atoms with van der Waals surface area (Å²) in [6.45, 7) is 0.413. The first-order valence-electron chi connectivity index (χ1n) is 7.21. The lowest BCUT2D eigenvalue weighted by atomic mass is 10.0. The van der Waals surface area contributed by atoms with Crippen LogP contribution in [0.5, 0.6) is 0 Å². The Morgan fingerprint density at radius 3 is 2.64 bits per heavy atom. The molecule has 0 spiro atoms. The van der Waals surface area contributed by atoms with Crippen LogP contribution in [0.2, 0.25) is 0 Å². The van der Waals surface area contributed by atoms with Crippen LogP contribution in [-0.2, 0) is 14.8 Å². The number of piperidine rings is 1. The highest BCUT2D eigenvalue weighted by atomic mass is 32.2. The van der Waals surface area contributed by atoms with E-state index in [9.17, 15) is 13.2 Å². The van der Waals surface area contributed by atoms with Crippen LogP contribution in [0.3, 0.4) is 0 Å². The smallest absolute Gasteiger partial charge is 0.307 e. The normalized spacial score (nSPS) is 20.1. The molecule has 0 amide bonds. The lowest BCUT2D eigenvalue weighted by molar-refractivity contribution is -0.142. The second kappa shape index (κ2) is 5.70. The number of aliphatic carboxylic acids is 1. The number of nitrogens with zero attached hydrogens (tertiary/aromatic N) is 1. The Balaban J connectivity index is 2.03. The third-order valence-electron chi connectivity index (χ3n) is 4.10. The first-order chi connectivity index (χ1) is 10.5. The average Bonchev–Trinajstić information content (AvgIpc) is 2.54. The van der Waals surface area contributed by atoms with Gasteiger partial charge in [0.2, 0.25) is 10.0 Å². The molecule has 1 heterocycles. The standard InChI is InChI=1S/C16H17NO4S/c18-16(19)13-7-4-10-17(11-13)22(20,21)15-9-3-6-12-5-1-2-8-14(12)15/h1-3,5-6,8-9,13H,4,7,10-11H2,(H,18,19). The lowest BCUT2D eigenvalue weighted by Gasteiger charge is -2.30. The minimum atomic E-state index is -3.69. The van der Waals surface area contributed by atoms with Crippen LogP contribution in [0, 0.1) is 5.92 Å². The van der Waals surface area contributed by atoms with Crippen molar-refractivity contribution in [3.05, 3.63) is 42.5 Å². The average molecular weight is 319 g/mol. The molecule has 5 nitrogen and oxygen atoms in total. The molecular weight excluding hydrogens is 302 g/mol. The zero-order valence-corrected chi connectivity index (χ0v) is 12.8. The Morgan fingerprint density at radius 2 is 1.86 bits per heavy atom. The fourth-order valence-electron chi connectivity index (χ4n) is 2.92. The SMILES string of the molecule is O=C(O)C1CCCN(S(=O)(=O)c2cccc3ccccc23)C1. The van der Waals surface area contributed by atoms with Gasteiger partial charge in [-0.25, -0.2) is 8.42 Å².